The summed E-state index contributed by atoms with van der Waals surface area (Å²) >= 11 is 0. The maximum Gasteiger partial charge on any atom is 0.0606 e. The molecule has 0 aliphatic carbocycles. The molecule has 0 unspecified atom stereocenters. The lowest BCUT2D eigenvalue weighted by Gasteiger charge is -2.17. The van der Waals surface area contributed by atoms with Gasteiger partial charge in [0.15, 0.2) is 0 Å². The van der Waals surface area contributed by atoms with Crippen LogP contribution in [0.25, 0.3) is 0 Å². The number of rotatable bonds is 2. The minimum atomic E-state index is 0.207. The van der Waals surface area contributed by atoms with Crippen LogP contribution in [0.15, 0.2) is 17.4 Å². The van der Waals surface area contributed by atoms with Gasteiger partial charge in [0.25, 0.3) is 0 Å². The second-order valence-corrected chi connectivity index (χ2v) is 1.85. The molecule has 50 valence electrons. The normalized spacial score (nSPS) is 16.8. The fourth-order valence-corrected chi connectivity index (χ4v) is 0.701. The fourth-order valence-electron chi connectivity index (χ4n) is 0.701. The van der Waals surface area contributed by atoms with Crippen molar-refractivity contribution >= 4 is 6.21 Å². The van der Waals surface area contributed by atoms with Crippen LogP contribution in [0.1, 0.15) is 0 Å². The molecule has 1 N–H and O–H groups in total. The quantitative estimate of drug-likeness (QED) is 0.558. The molecule has 1 aliphatic heterocycles. The van der Waals surface area contributed by atoms with Gasteiger partial charge in [0, 0.05) is 25.2 Å². The van der Waals surface area contributed by atoms with Gasteiger partial charge in [0.05, 0.1) is 13.2 Å². The fraction of sp³-hybridized carbons (Fsp3) is 0.500. The first-order valence-electron chi connectivity index (χ1n) is 2.96. The number of aliphatic hydroxyl groups excluding tert-OH is 1. The van der Waals surface area contributed by atoms with Gasteiger partial charge in [0.1, 0.15) is 0 Å². The summed E-state index contributed by atoms with van der Waals surface area (Å²) in [5.74, 6) is 0. The average molecular weight is 126 g/mol. The summed E-state index contributed by atoms with van der Waals surface area (Å²) in [4.78, 5) is 5.87. The lowest BCUT2D eigenvalue weighted by atomic mass is 10.5. The molecule has 0 bridgehead atoms. The lowest BCUT2D eigenvalue weighted by Crippen LogP contribution is -2.24. The highest BCUT2D eigenvalue weighted by Crippen LogP contribution is 1.92. The zero-order chi connectivity index (χ0) is 6.53. The maximum absolute atomic E-state index is 8.50. The van der Waals surface area contributed by atoms with E-state index >= 15 is 0 Å². The Morgan fingerprint density at radius 1 is 1.67 bits per heavy atom. The molecule has 0 aromatic carbocycles. The van der Waals surface area contributed by atoms with E-state index in [0.29, 0.717) is 6.54 Å². The van der Waals surface area contributed by atoms with Gasteiger partial charge >= 0.3 is 0 Å². The van der Waals surface area contributed by atoms with Gasteiger partial charge in [-0.1, -0.05) is 0 Å². The molecule has 9 heavy (non-hydrogen) atoms. The number of nitrogens with zero attached hydrogens (tertiary/aromatic N) is 2. The highest BCUT2D eigenvalue weighted by Gasteiger charge is 1.96. The molecule has 0 aromatic rings. The van der Waals surface area contributed by atoms with Crippen molar-refractivity contribution in [1.29, 1.82) is 0 Å². The van der Waals surface area contributed by atoms with Crippen LogP contribution in [-0.4, -0.2) is 35.9 Å². The van der Waals surface area contributed by atoms with Crippen molar-refractivity contribution < 1.29 is 5.11 Å². The largest absolute Gasteiger partial charge is 0.395 e. The monoisotopic (exact) mass is 126 g/mol. The van der Waals surface area contributed by atoms with Crippen molar-refractivity contribution in [3.8, 4) is 0 Å². The van der Waals surface area contributed by atoms with E-state index in [1.807, 2.05) is 17.3 Å². The van der Waals surface area contributed by atoms with E-state index in [-0.39, 0.29) is 6.61 Å². The highest BCUT2D eigenvalue weighted by molar-refractivity contribution is 5.61. The van der Waals surface area contributed by atoms with E-state index in [9.17, 15) is 0 Å². The molecule has 1 aliphatic rings. The number of hydrogen-bond donors (Lipinski definition) is 1. The van der Waals surface area contributed by atoms with Gasteiger partial charge in [-0.05, 0) is 0 Å². The first-order valence-corrected chi connectivity index (χ1v) is 2.96. The second-order valence-electron chi connectivity index (χ2n) is 1.85. The highest BCUT2D eigenvalue weighted by atomic mass is 16.3. The Kier molecular flexibility index (Phi) is 2.27. The van der Waals surface area contributed by atoms with Crippen LogP contribution in [0.3, 0.4) is 0 Å². The number of aliphatic imine (C=N–C) groups is 1. The summed E-state index contributed by atoms with van der Waals surface area (Å²) in [7, 11) is 0. The maximum atomic E-state index is 8.50. The van der Waals surface area contributed by atoms with Gasteiger partial charge < -0.3 is 10.0 Å². The Labute approximate surface area is 54.3 Å². The van der Waals surface area contributed by atoms with Crippen molar-refractivity contribution in [3.05, 3.63) is 12.4 Å². The number of hydrogen-bond acceptors (Lipinski definition) is 3. The van der Waals surface area contributed by atoms with Crippen LogP contribution in [0.5, 0.6) is 0 Å². The molecule has 3 heteroatoms. The van der Waals surface area contributed by atoms with Crippen LogP contribution in [0, 0.1) is 0 Å². The lowest BCUT2D eigenvalue weighted by molar-refractivity contribution is 0.248. The van der Waals surface area contributed by atoms with E-state index in [2.05, 4.69) is 4.99 Å². The molecule has 0 radical (unpaired) electrons. The molecule has 0 fully saturated rings. The van der Waals surface area contributed by atoms with Crippen molar-refractivity contribution in [2.24, 2.45) is 4.99 Å². The molecular weight excluding hydrogens is 116 g/mol. The average Bonchev–Trinajstić information content (AvgIpc) is 1.91. The minimum absolute atomic E-state index is 0.207. The van der Waals surface area contributed by atoms with Gasteiger partial charge in [-0.3, -0.25) is 4.99 Å². The molecule has 1 rings (SSSR count). The van der Waals surface area contributed by atoms with Gasteiger partial charge in [-0.2, -0.15) is 0 Å². The molecule has 0 amide bonds. The molecule has 0 aromatic heterocycles. The van der Waals surface area contributed by atoms with Crippen LogP contribution in [0.2, 0.25) is 0 Å². The molecular formula is C6H10N2O. The Bertz CT molecular complexity index is 131. The zero-order valence-electron chi connectivity index (χ0n) is 5.20. The second kappa shape index (κ2) is 3.25. The third-order valence-corrected chi connectivity index (χ3v) is 1.17. The Balaban J connectivity index is 2.28. The summed E-state index contributed by atoms with van der Waals surface area (Å²) < 4.78 is 0. The molecule has 3 nitrogen and oxygen atoms in total. The summed E-state index contributed by atoms with van der Waals surface area (Å²) in [6.45, 7) is 1.72. The minimum Gasteiger partial charge on any atom is -0.395 e. The predicted octanol–water partition coefficient (Wildman–Crippen LogP) is -0.164. The Morgan fingerprint density at radius 2 is 2.56 bits per heavy atom. The molecule has 0 spiro atoms. The van der Waals surface area contributed by atoms with E-state index < -0.39 is 0 Å². The van der Waals surface area contributed by atoms with Crippen molar-refractivity contribution in [3.63, 3.8) is 0 Å². The third-order valence-electron chi connectivity index (χ3n) is 1.17. The van der Waals surface area contributed by atoms with E-state index in [1.54, 1.807) is 6.20 Å². The van der Waals surface area contributed by atoms with E-state index in [1.165, 1.54) is 0 Å². The molecule has 0 atom stereocenters. The Hall–Kier alpha value is -0.830. The third kappa shape index (κ3) is 1.85. The summed E-state index contributed by atoms with van der Waals surface area (Å²) in [6.07, 6.45) is 5.41. The summed E-state index contributed by atoms with van der Waals surface area (Å²) in [5.41, 5.74) is 0. The summed E-state index contributed by atoms with van der Waals surface area (Å²) in [5, 5.41) is 8.50. The number of β-amino-alcohol motifs (C(OH)–C–C–N with tert-alkyl or cyclic N) is 1. The van der Waals surface area contributed by atoms with Gasteiger partial charge in [0.2, 0.25) is 0 Å². The molecule has 0 saturated carbocycles. The predicted molar refractivity (Wildman–Crippen MR) is 36.3 cm³/mol. The number of aliphatic hydroxyl groups is 1. The van der Waals surface area contributed by atoms with Crippen LogP contribution in [-0.2, 0) is 0 Å². The topological polar surface area (TPSA) is 35.8 Å². The van der Waals surface area contributed by atoms with E-state index in [0.717, 1.165) is 6.54 Å². The summed E-state index contributed by atoms with van der Waals surface area (Å²) in [6, 6.07) is 0. The van der Waals surface area contributed by atoms with Crippen LogP contribution < -0.4 is 0 Å². The first kappa shape index (κ1) is 6.29. The molecule has 0 saturated heterocycles. The van der Waals surface area contributed by atoms with Crippen molar-refractivity contribution in [2.75, 3.05) is 19.7 Å². The van der Waals surface area contributed by atoms with Crippen molar-refractivity contribution in [2.45, 2.75) is 0 Å². The van der Waals surface area contributed by atoms with Crippen molar-refractivity contribution in [1.82, 2.24) is 4.90 Å². The standard InChI is InChI=1S/C6H10N2O/c9-6-5-8-3-1-7-2-4-8/h1-3,9H,4-6H2. The van der Waals surface area contributed by atoms with Gasteiger partial charge in [-0.25, -0.2) is 0 Å². The zero-order valence-corrected chi connectivity index (χ0v) is 5.20. The first-order chi connectivity index (χ1) is 4.43. The van der Waals surface area contributed by atoms with Crippen LogP contribution >= 0.6 is 0 Å². The smallest absolute Gasteiger partial charge is 0.0606 e. The van der Waals surface area contributed by atoms with Gasteiger partial charge in [-0.15, -0.1) is 0 Å². The van der Waals surface area contributed by atoms with E-state index in [4.69, 9.17) is 5.11 Å². The van der Waals surface area contributed by atoms with Crippen LogP contribution in [0.4, 0.5) is 0 Å². The molecule has 1 heterocycles. The Morgan fingerprint density at radius 3 is 3.11 bits per heavy atom. The SMILES string of the molecule is OCCN1C=CN=CC1.